The lowest BCUT2D eigenvalue weighted by Gasteiger charge is -2.10. The number of hydrogen-bond donors (Lipinski definition) is 2. The largest absolute Gasteiger partial charge is 0.497 e. The molecule has 3 N–H and O–H groups in total. The van der Waals surface area contributed by atoms with Gasteiger partial charge in [-0.25, -0.2) is 9.78 Å². The smallest absolute Gasteiger partial charge is 0.341 e. The van der Waals surface area contributed by atoms with Crippen molar-refractivity contribution in [1.29, 1.82) is 0 Å². The topological polar surface area (TPSA) is 86.5 Å². The molecule has 0 aliphatic heterocycles. The van der Waals surface area contributed by atoms with Gasteiger partial charge in [-0.3, -0.25) is 0 Å². The first-order valence-corrected chi connectivity index (χ1v) is 6.34. The second kappa shape index (κ2) is 6.60. The second-order valence-corrected chi connectivity index (χ2v) is 4.36. The summed E-state index contributed by atoms with van der Waals surface area (Å²) in [6, 6.07) is 9.14. The van der Waals surface area contributed by atoms with Crippen molar-refractivity contribution in [3.05, 3.63) is 47.7 Å². The number of nitrogens with zero attached hydrogens (tertiary/aromatic N) is 1. The fraction of sp³-hybridized carbons (Fsp3) is 0.200. The van der Waals surface area contributed by atoms with Gasteiger partial charge in [-0.1, -0.05) is 12.1 Å². The maximum absolute atomic E-state index is 11.7. The van der Waals surface area contributed by atoms with E-state index in [1.807, 2.05) is 24.3 Å². The summed E-state index contributed by atoms with van der Waals surface area (Å²) in [6.45, 7) is 0.519. The van der Waals surface area contributed by atoms with Gasteiger partial charge in [0.1, 0.15) is 17.1 Å². The van der Waals surface area contributed by atoms with E-state index in [1.165, 1.54) is 19.4 Å². The predicted octanol–water partition coefficient (Wildman–Crippen LogP) is 2.07. The number of rotatable bonds is 5. The van der Waals surface area contributed by atoms with E-state index in [2.05, 4.69) is 10.3 Å². The van der Waals surface area contributed by atoms with Crippen LogP contribution in [0.15, 0.2) is 36.5 Å². The Morgan fingerprint density at radius 1 is 1.29 bits per heavy atom. The van der Waals surface area contributed by atoms with E-state index in [9.17, 15) is 4.79 Å². The zero-order valence-electron chi connectivity index (χ0n) is 11.9. The number of benzene rings is 1. The molecule has 1 heterocycles. The Morgan fingerprint density at radius 3 is 2.62 bits per heavy atom. The fourth-order valence-corrected chi connectivity index (χ4v) is 1.82. The third kappa shape index (κ3) is 3.62. The quantitative estimate of drug-likeness (QED) is 0.819. The highest BCUT2D eigenvalue weighted by Gasteiger charge is 2.13. The molecule has 2 rings (SSSR count). The van der Waals surface area contributed by atoms with E-state index in [1.54, 1.807) is 7.11 Å². The number of methoxy groups -OCH3 is 2. The Bertz CT molecular complexity index is 627. The van der Waals surface area contributed by atoms with Crippen molar-refractivity contribution in [3.8, 4) is 5.75 Å². The van der Waals surface area contributed by atoms with E-state index < -0.39 is 5.97 Å². The predicted molar refractivity (Wildman–Crippen MR) is 80.3 cm³/mol. The number of carbonyl (C=O) groups is 1. The summed E-state index contributed by atoms with van der Waals surface area (Å²) in [5, 5.41) is 3.10. The molecular formula is C15H17N3O3. The first-order valence-electron chi connectivity index (χ1n) is 6.34. The van der Waals surface area contributed by atoms with Gasteiger partial charge in [0.25, 0.3) is 0 Å². The Labute approximate surface area is 122 Å². The maximum Gasteiger partial charge on any atom is 0.341 e. The summed E-state index contributed by atoms with van der Waals surface area (Å²) in [5.41, 5.74) is 7.40. The molecule has 0 bridgehead atoms. The molecule has 0 fully saturated rings. The monoisotopic (exact) mass is 287 g/mol. The lowest BCUT2D eigenvalue weighted by Crippen LogP contribution is -2.10. The minimum Gasteiger partial charge on any atom is -0.497 e. The SMILES string of the molecule is COC(=O)c1cc(N)cnc1NCc1ccc(OC)cc1. The highest BCUT2D eigenvalue weighted by molar-refractivity contribution is 5.95. The van der Waals surface area contributed by atoms with Gasteiger partial charge in [0.2, 0.25) is 0 Å². The van der Waals surface area contributed by atoms with Gasteiger partial charge < -0.3 is 20.5 Å². The van der Waals surface area contributed by atoms with Gasteiger partial charge in [0.15, 0.2) is 0 Å². The summed E-state index contributed by atoms with van der Waals surface area (Å²) in [5.74, 6) is 0.749. The molecule has 0 saturated heterocycles. The van der Waals surface area contributed by atoms with Crippen LogP contribution in [0.3, 0.4) is 0 Å². The number of nitrogens with one attached hydrogen (secondary N) is 1. The van der Waals surface area contributed by atoms with Crippen LogP contribution in [0.5, 0.6) is 5.75 Å². The molecule has 0 unspecified atom stereocenters. The van der Waals surface area contributed by atoms with Crippen LogP contribution in [0.1, 0.15) is 15.9 Å². The lowest BCUT2D eigenvalue weighted by atomic mass is 10.2. The molecule has 2 aromatic rings. The van der Waals surface area contributed by atoms with Gasteiger partial charge in [-0.2, -0.15) is 0 Å². The van der Waals surface area contributed by atoms with E-state index in [0.717, 1.165) is 11.3 Å². The van der Waals surface area contributed by atoms with Crippen LogP contribution in [-0.2, 0) is 11.3 Å². The van der Waals surface area contributed by atoms with Crippen LogP contribution < -0.4 is 15.8 Å². The van der Waals surface area contributed by atoms with Crippen molar-refractivity contribution in [2.45, 2.75) is 6.54 Å². The van der Waals surface area contributed by atoms with Crippen molar-refractivity contribution in [2.24, 2.45) is 0 Å². The molecule has 0 radical (unpaired) electrons. The van der Waals surface area contributed by atoms with Gasteiger partial charge in [-0.05, 0) is 23.8 Å². The molecule has 0 aliphatic carbocycles. The van der Waals surface area contributed by atoms with E-state index in [0.29, 0.717) is 23.6 Å². The van der Waals surface area contributed by atoms with Crippen molar-refractivity contribution in [1.82, 2.24) is 4.98 Å². The molecule has 110 valence electrons. The van der Waals surface area contributed by atoms with Crippen LogP contribution in [0.25, 0.3) is 0 Å². The fourth-order valence-electron chi connectivity index (χ4n) is 1.82. The van der Waals surface area contributed by atoms with Gasteiger partial charge >= 0.3 is 5.97 Å². The molecule has 0 amide bonds. The summed E-state index contributed by atoms with van der Waals surface area (Å²) in [6.07, 6.45) is 1.49. The molecule has 0 saturated carbocycles. The molecule has 6 nitrogen and oxygen atoms in total. The minimum absolute atomic E-state index is 0.311. The molecular weight excluding hydrogens is 270 g/mol. The molecule has 1 aromatic carbocycles. The Kier molecular flexibility index (Phi) is 4.61. The zero-order valence-corrected chi connectivity index (χ0v) is 11.9. The Balaban J connectivity index is 2.13. The highest BCUT2D eigenvalue weighted by Crippen LogP contribution is 2.18. The lowest BCUT2D eigenvalue weighted by molar-refractivity contribution is 0.0601. The van der Waals surface area contributed by atoms with Crippen LogP contribution in [0, 0.1) is 0 Å². The van der Waals surface area contributed by atoms with Crippen molar-refractivity contribution >= 4 is 17.5 Å². The van der Waals surface area contributed by atoms with Crippen molar-refractivity contribution < 1.29 is 14.3 Å². The second-order valence-electron chi connectivity index (χ2n) is 4.36. The first kappa shape index (κ1) is 14.6. The number of nitrogens with two attached hydrogens (primary N) is 1. The average molecular weight is 287 g/mol. The Hall–Kier alpha value is -2.76. The maximum atomic E-state index is 11.7. The summed E-state index contributed by atoms with van der Waals surface area (Å²) >= 11 is 0. The van der Waals surface area contributed by atoms with Crippen LogP contribution in [0.4, 0.5) is 11.5 Å². The molecule has 21 heavy (non-hydrogen) atoms. The summed E-state index contributed by atoms with van der Waals surface area (Å²) in [4.78, 5) is 15.8. The van der Waals surface area contributed by atoms with Crippen LogP contribution >= 0.6 is 0 Å². The van der Waals surface area contributed by atoms with Crippen LogP contribution in [0.2, 0.25) is 0 Å². The number of hydrogen-bond acceptors (Lipinski definition) is 6. The average Bonchev–Trinajstić information content (AvgIpc) is 2.53. The van der Waals surface area contributed by atoms with E-state index in [-0.39, 0.29) is 0 Å². The number of carbonyl (C=O) groups excluding carboxylic acids is 1. The van der Waals surface area contributed by atoms with Crippen molar-refractivity contribution in [3.63, 3.8) is 0 Å². The number of esters is 1. The van der Waals surface area contributed by atoms with Crippen molar-refractivity contribution in [2.75, 3.05) is 25.3 Å². The molecule has 6 heteroatoms. The third-order valence-electron chi connectivity index (χ3n) is 2.93. The summed E-state index contributed by atoms with van der Waals surface area (Å²) < 4.78 is 9.83. The van der Waals surface area contributed by atoms with Crippen LogP contribution in [-0.4, -0.2) is 25.2 Å². The zero-order chi connectivity index (χ0) is 15.2. The number of aromatic nitrogens is 1. The van der Waals surface area contributed by atoms with E-state index in [4.69, 9.17) is 15.2 Å². The summed E-state index contributed by atoms with van der Waals surface area (Å²) in [7, 11) is 2.94. The molecule has 1 aromatic heterocycles. The number of anilines is 2. The third-order valence-corrected chi connectivity index (χ3v) is 2.93. The number of pyridine rings is 1. The Morgan fingerprint density at radius 2 is 2.00 bits per heavy atom. The first-order chi connectivity index (χ1) is 10.1. The standard InChI is InChI=1S/C15H17N3O3/c1-20-12-5-3-10(4-6-12)8-17-14-13(15(19)21-2)7-11(16)9-18-14/h3-7,9H,8,16H2,1-2H3,(H,17,18). The molecule has 0 atom stereocenters. The normalized spacial score (nSPS) is 10.0. The van der Waals surface area contributed by atoms with E-state index >= 15 is 0 Å². The number of ether oxygens (including phenoxy) is 2. The highest BCUT2D eigenvalue weighted by atomic mass is 16.5. The molecule has 0 spiro atoms. The van der Waals surface area contributed by atoms with Gasteiger partial charge in [0, 0.05) is 6.54 Å². The van der Waals surface area contributed by atoms with Gasteiger partial charge in [0.05, 0.1) is 26.1 Å². The minimum atomic E-state index is -0.480. The number of nitrogen functional groups attached to an aromatic ring is 1. The molecule has 0 aliphatic rings. The van der Waals surface area contributed by atoms with Gasteiger partial charge in [-0.15, -0.1) is 0 Å².